The van der Waals surface area contributed by atoms with Gasteiger partial charge in [-0.2, -0.15) is 0 Å². The Morgan fingerprint density at radius 1 is 1.14 bits per heavy atom. The van der Waals surface area contributed by atoms with E-state index >= 15 is 0 Å². The number of halogens is 1. The first-order valence-corrected chi connectivity index (χ1v) is 9.21. The van der Waals surface area contributed by atoms with Crippen LogP contribution in [0.2, 0.25) is 5.02 Å². The smallest absolute Gasteiger partial charge is 0.259 e. The molecular formula is C21H18ClN5O2. The third-order valence-electron chi connectivity index (χ3n) is 4.49. The third kappa shape index (κ3) is 3.72. The molecule has 0 fully saturated rings. The average molecular weight is 408 g/mol. The number of methoxy groups -OCH3 is 1. The number of hydrogen-bond acceptors (Lipinski definition) is 4. The van der Waals surface area contributed by atoms with Crippen molar-refractivity contribution in [3.63, 3.8) is 0 Å². The number of aryl methyl sites for hydroxylation is 1. The summed E-state index contributed by atoms with van der Waals surface area (Å²) in [5, 5.41) is 11.3. The highest BCUT2D eigenvalue weighted by molar-refractivity contribution is 6.33. The van der Waals surface area contributed by atoms with Gasteiger partial charge in [0.1, 0.15) is 12.1 Å². The summed E-state index contributed by atoms with van der Waals surface area (Å²) in [6.45, 7) is 0. The Morgan fingerprint density at radius 3 is 2.62 bits per heavy atom. The van der Waals surface area contributed by atoms with E-state index < -0.39 is 0 Å². The Kier molecular flexibility index (Phi) is 5.05. The molecule has 146 valence electrons. The molecule has 2 aromatic carbocycles. The molecule has 1 N–H and O–H groups in total. The summed E-state index contributed by atoms with van der Waals surface area (Å²) >= 11 is 6.43. The van der Waals surface area contributed by atoms with Gasteiger partial charge in [-0.3, -0.25) is 4.79 Å². The van der Waals surface area contributed by atoms with Crippen molar-refractivity contribution in [2.24, 2.45) is 7.05 Å². The summed E-state index contributed by atoms with van der Waals surface area (Å²) in [5.74, 6) is 0.816. The van der Waals surface area contributed by atoms with Crippen LogP contribution in [0.5, 0.6) is 5.75 Å². The number of carbonyl (C=O) groups is 1. The van der Waals surface area contributed by atoms with Crippen molar-refractivity contribution in [2.75, 3.05) is 12.4 Å². The molecule has 2 heterocycles. The maximum Gasteiger partial charge on any atom is 0.259 e. The standard InChI is InChI=1S/C21H18ClN5O2/c1-26-13-23-25-20(26)14-6-5-7-15(10-14)24-21(28)16-11-17(22)18(12-19(16)29-2)27-8-3-4-9-27/h3-13H,1-2H3,(H,24,28). The molecule has 8 heteroatoms. The Hall–Kier alpha value is -3.58. The minimum Gasteiger partial charge on any atom is -0.496 e. The van der Waals surface area contributed by atoms with E-state index in [-0.39, 0.29) is 5.91 Å². The Labute approximate surface area is 172 Å². The first kappa shape index (κ1) is 18.8. The summed E-state index contributed by atoms with van der Waals surface area (Å²) in [7, 11) is 3.38. The van der Waals surface area contributed by atoms with Gasteiger partial charge in [0.2, 0.25) is 0 Å². The highest BCUT2D eigenvalue weighted by atomic mass is 35.5. The van der Waals surface area contributed by atoms with Gasteiger partial charge in [0, 0.05) is 36.8 Å². The molecule has 2 aromatic heterocycles. The van der Waals surface area contributed by atoms with Crippen molar-refractivity contribution in [1.29, 1.82) is 0 Å². The molecule has 1 amide bonds. The van der Waals surface area contributed by atoms with E-state index in [1.54, 1.807) is 24.5 Å². The second kappa shape index (κ2) is 7.81. The normalized spacial score (nSPS) is 10.7. The first-order chi connectivity index (χ1) is 14.1. The largest absolute Gasteiger partial charge is 0.496 e. The monoisotopic (exact) mass is 407 g/mol. The summed E-state index contributed by atoms with van der Waals surface area (Å²) < 4.78 is 9.11. The van der Waals surface area contributed by atoms with Gasteiger partial charge in [0.25, 0.3) is 5.91 Å². The van der Waals surface area contributed by atoms with Crippen LogP contribution in [0.3, 0.4) is 0 Å². The van der Waals surface area contributed by atoms with E-state index in [1.807, 2.05) is 58.9 Å². The van der Waals surface area contributed by atoms with Crippen molar-refractivity contribution in [3.8, 4) is 22.8 Å². The Bertz CT molecular complexity index is 1170. The second-order valence-corrected chi connectivity index (χ2v) is 6.80. The SMILES string of the molecule is COc1cc(-n2cccc2)c(Cl)cc1C(=O)Nc1cccc(-c2nncn2C)c1. The molecule has 0 radical (unpaired) electrons. The van der Waals surface area contributed by atoms with E-state index in [1.165, 1.54) is 7.11 Å². The minimum atomic E-state index is -0.321. The lowest BCUT2D eigenvalue weighted by Crippen LogP contribution is -2.14. The van der Waals surface area contributed by atoms with Crippen LogP contribution in [0.1, 0.15) is 10.4 Å². The highest BCUT2D eigenvalue weighted by Crippen LogP contribution is 2.31. The quantitative estimate of drug-likeness (QED) is 0.538. The molecule has 0 saturated carbocycles. The number of hydrogen-bond donors (Lipinski definition) is 1. The van der Waals surface area contributed by atoms with Crippen molar-refractivity contribution in [3.05, 3.63) is 77.8 Å². The molecule has 0 aliphatic heterocycles. The van der Waals surface area contributed by atoms with Crippen LogP contribution >= 0.6 is 11.6 Å². The maximum absolute atomic E-state index is 12.9. The zero-order valence-corrected chi connectivity index (χ0v) is 16.6. The topological polar surface area (TPSA) is 74.0 Å². The fourth-order valence-electron chi connectivity index (χ4n) is 3.06. The number of anilines is 1. The average Bonchev–Trinajstić information content (AvgIpc) is 3.39. The lowest BCUT2D eigenvalue weighted by molar-refractivity contribution is 0.102. The highest BCUT2D eigenvalue weighted by Gasteiger charge is 2.17. The van der Waals surface area contributed by atoms with Crippen LogP contribution < -0.4 is 10.1 Å². The summed E-state index contributed by atoms with van der Waals surface area (Å²) in [6.07, 6.45) is 5.37. The Morgan fingerprint density at radius 2 is 1.93 bits per heavy atom. The number of benzene rings is 2. The van der Waals surface area contributed by atoms with Crippen LogP contribution in [-0.4, -0.2) is 32.3 Å². The summed E-state index contributed by atoms with van der Waals surface area (Å²) in [4.78, 5) is 12.9. The van der Waals surface area contributed by atoms with Crippen molar-refractivity contribution in [1.82, 2.24) is 19.3 Å². The molecule has 0 unspecified atom stereocenters. The van der Waals surface area contributed by atoms with E-state index in [2.05, 4.69) is 15.5 Å². The molecule has 0 atom stereocenters. The van der Waals surface area contributed by atoms with Gasteiger partial charge in [0.05, 0.1) is 23.4 Å². The lowest BCUT2D eigenvalue weighted by Gasteiger charge is -2.14. The van der Waals surface area contributed by atoms with Crippen molar-refractivity contribution >= 4 is 23.2 Å². The van der Waals surface area contributed by atoms with E-state index in [0.717, 1.165) is 11.3 Å². The zero-order valence-electron chi connectivity index (χ0n) is 15.8. The predicted octanol–water partition coefficient (Wildman–Crippen LogP) is 4.19. The number of nitrogens with zero attached hydrogens (tertiary/aromatic N) is 4. The van der Waals surface area contributed by atoms with Gasteiger partial charge >= 0.3 is 0 Å². The van der Waals surface area contributed by atoms with Gasteiger partial charge in [-0.1, -0.05) is 23.7 Å². The third-order valence-corrected chi connectivity index (χ3v) is 4.79. The summed E-state index contributed by atoms with van der Waals surface area (Å²) in [6, 6.07) is 14.5. The van der Waals surface area contributed by atoms with E-state index in [0.29, 0.717) is 27.8 Å². The zero-order chi connectivity index (χ0) is 20.4. The number of carbonyl (C=O) groups excluding carboxylic acids is 1. The number of amides is 1. The first-order valence-electron chi connectivity index (χ1n) is 8.83. The molecule has 0 bridgehead atoms. The predicted molar refractivity (Wildman–Crippen MR) is 112 cm³/mol. The molecule has 0 spiro atoms. The van der Waals surface area contributed by atoms with Crippen LogP contribution in [0.25, 0.3) is 17.1 Å². The number of nitrogens with one attached hydrogen (secondary N) is 1. The second-order valence-electron chi connectivity index (χ2n) is 6.39. The molecule has 0 saturated heterocycles. The van der Waals surface area contributed by atoms with Crippen LogP contribution in [-0.2, 0) is 7.05 Å². The molecule has 0 aliphatic rings. The molecule has 29 heavy (non-hydrogen) atoms. The van der Waals surface area contributed by atoms with Crippen LogP contribution in [0.4, 0.5) is 5.69 Å². The van der Waals surface area contributed by atoms with Crippen molar-refractivity contribution in [2.45, 2.75) is 0 Å². The van der Waals surface area contributed by atoms with Gasteiger partial charge in [-0.25, -0.2) is 0 Å². The van der Waals surface area contributed by atoms with E-state index in [4.69, 9.17) is 16.3 Å². The summed E-state index contributed by atoms with van der Waals surface area (Å²) in [5.41, 5.74) is 2.55. The molecule has 4 aromatic rings. The van der Waals surface area contributed by atoms with Gasteiger partial charge in [-0.15, -0.1) is 10.2 Å². The number of aromatic nitrogens is 4. The number of ether oxygens (including phenoxy) is 1. The van der Waals surface area contributed by atoms with E-state index in [9.17, 15) is 4.79 Å². The molecule has 0 aliphatic carbocycles. The lowest BCUT2D eigenvalue weighted by atomic mass is 10.1. The Balaban J connectivity index is 1.64. The minimum absolute atomic E-state index is 0.321. The fraction of sp³-hybridized carbons (Fsp3) is 0.0952. The van der Waals surface area contributed by atoms with Gasteiger partial charge in [-0.05, 0) is 30.3 Å². The fourth-order valence-corrected chi connectivity index (χ4v) is 3.32. The van der Waals surface area contributed by atoms with Crippen LogP contribution in [0.15, 0.2) is 67.3 Å². The molecule has 4 rings (SSSR count). The maximum atomic E-state index is 12.9. The van der Waals surface area contributed by atoms with Gasteiger partial charge in [0.15, 0.2) is 5.82 Å². The number of rotatable bonds is 5. The van der Waals surface area contributed by atoms with Gasteiger partial charge < -0.3 is 19.2 Å². The van der Waals surface area contributed by atoms with Crippen LogP contribution in [0, 0.1) is 0 Å². The molecular weight excluding hydrogens is 390 g/mol. The molecule has 7 nitrogen and oxygen atoms in total. The van der Waals surface area contributed by atoms with Crippen molar-refractivity contribution < 1.29 is 9.53 Å².